The van der Waals surface area contributed by atoms with Crippen LogP contribution < -0.4 is 10.6 Å². The molecule has 0 atom stereocenters. The van der Waals surface area contributed by atoms with Gasteiger partial charge < -0.3 is 10.6 Å². The van der Waals surface area contributed by atoms with E-state index in [1.807, 2.05) is 6.08 Å². The maximum Gasteiger partial charge on any atom is 0.323 e. The summed E-state index contributed by atoms with van der Waals surface area (Å²) in [6.07, 6.45) is 9.76. The Kier molecular flexibility index (Phi) is 5.57. The summed E-state index contributed by atoms with van der Waals surface area (Å²) in [6, 6.07) is 4.87. The Morgan fingerprint density at radius 3 is 2.36 bits per heavy atom. The number of carbonyl (C=O) groups excluding carboxylic acids is 1. The summed E-state index contributed by atoms with van der Waals surface area (Å²) in [5.74, 6) is 0.531. The summed E-state index contributed by atoms with van der Waals surface area (Å²) >= 11 is 0. The number of allylic oxidation sites excluding steroid dienone is 1. The number of rotatable bonds is 4. The SMILES string of the molecule is O=C(N/C=C/C1CCCCC1)Nc1ccc(S(=O)(=O)O)cc1. The summed E-state index contributed by atoms with van der Waals surface area (Å²) in [7, 11) is -4.21. The molecule has 0 bridgehead atoms. The van der Waals surface area contributed by atoms with Crippen molar-refractivity contribution in [3.8, 4) is 0 Å². The standard InChI is InChI=1S/C15H20N2O4S/c18-15(16-11-10-12-4-2-1-3-5-12)17-13-6-8-14(9-7-13)22(19,20)21/h6-12H,1-5H2,(H2,16,17,18)(H,19,20,21)/b11-10+. The molecule has 0 unspecified atom stereocenters. The Balaban J connectivity index is 1.82. The Hall–Kier alpha value is -1.86. The van der Waals surface area contributed by atoms with Crippen LogP contribution in [-0.2, 0) is 10.1 Å². The number of anilines is 1. The lowest BCUT2D eigenvalue weighted by molar-refractivity contribution is 0.255. The smallest absolute Gasteiger partial charge is 0.315 e. The molecule has 1 saturated carbocycles. The van der Waals surface area contributed by atoms with Crippen LogP contribution in [0.25, 0.3) is 0 Å². The predicted molar refractivity (Wildman–Crippen MR) is 84.1 cm³/mol. The second-order valence-corrected chi connectivity index (χ2v) is 6.78. The van der Waals surface area contributed by atoms with Crippen molar-refractivity contribution in [2.45, 2.75) is 37.0 Å². The van der Waals surface area contributed by atoms with Gasteiger partial charge in [0.1, 0.15) is 0 Å². The fraction of sp³-hybridized carbons (Fsp3) is 0.400. The quantitative estimate of drug-likeness (QED) is 0.741. The number of amides is 2. The van der Waals surface area contributed by atoms with Crippen LogP contribution in [0.4, 0.5) is 10.5 Å². The van der Waals surface area contributed by atoms with Crippen molar-refractivity contribution in [1.29, 1.82) is 0 Å². The maximum absolute atomic E-state index is 11.7. The van der Waals surface area contributed by atoms with Crippen LogP contribution in [0.15, 0.2) is 41.4 Å². The van der Waals surface area contributed by atoms with E-state index in [0.29, 0.717) is 11.6 Å². The van der Waals surface area contributed by atoms with E-state index in [4.69, 9.17) is 4.55 Å². The van der Waals surface area contributed by atoms with E-state index in [0.717, 1.165) is 12.8 Å². The largest absolute Gasteiger partial charge is 0.323 e. The molecule has 0 saturated heterocycles. The first-order valence-corrected chi connectivity index (χ1v) is 8.71. The van der Waals surface area contributed by atoms with Crippen LogP contribution in [0.3, 0.4) is 0 Å². The van der Waals surface area contributed by atoms with Gasteiger partial charge in [0.05, 0.1) is 4.90 Å². The second-order valence-electron chi connectivity index (χ2n) is 5.36. The summed E-state index contributed by atoms with van der Waals surface area (Å²) in [4.78, 5) is 11.5. The van der Waals surface area contributed by atoms with Crippen molar-refractivity contribution in [3.05, 3.63) is 36.5 Å². The average Bonchev–Trinajstić information content (AvgIpc) is 2.48. The molecule has 3 N–H and O–H groups in total. The molecule has 1 aliphatic rings. The Morgan fingerprint density at radius 1 is 1.14 bits per heavy atom. The second kappa shape index (κ2) is 7.42. The summed E-state index contributed by atoms with van der Waals surface area (Å²) < 4.78 is 30.7. The van der Waals surface area contributed by atoms with E-state index in [1.54, 1.807) is 6.20 Å². The fourth-order valence-corrected chi connectivity index (χ4v) is 2.94. The normalized spacial score (nSPS) is 16.6. The van der Waals surface area contributed by atoms with Crippen molar-refractivity contribution in [3.63, 3.8) is 0 Å². The van der Waals surface area contributed by atoms with E-state index in [-0.39, 0.29) is 4.90 Å². The third-order valence-electron chi connectivity index (χ3n) is 3.64. The number of hydrogen-bond acceptors (Lipinski definition) is 3. The zero-order chi connectivity index (χ0) is 16.0. The molecule has 0 radical (unpaired) electrons. The lowest BCUT2D eigenvalue weighted by atomic mass is 9.89. The first-order valence-electron chi connectivity index (χ1n) is 7.27. The highest BCUT2D eigenvalue weighted by molar-refractivity contribution is 7.85. The van der Waals surface area contributed by atoms with Crippen LogP contribution in [-0.4, -0.2) is 19.0 Å². The molecule has 1 fully saturated rings. The Bertz CT molecular complexity index is 632. The molecule has 1 aromatic rings. The van der Waals surface area contributed by atoms with Gasteiger partial charge in [0, 0.05) is 11.9 Å². The van der Waals surface area contributed by atoms with Gasteiger partial charge in [-0.1, -0.05) is 25.3 Å². The molecule has 2 amide bonds. The highest BCUT2D eigenvalue weighted by Crippen LogP contribution is 2.24. The van der Waals surface area contributed by atoms with Crippen molar-refractivity contribution >= 4 is 21.8 Å². The molecular weight excluding hydrogens is 304 g/mol. The van der Waals surface area contributed by atoms with Crippen molar-refractivity contribution in [2.75, 3.05) is 5.32 Å². The molecule has 2 rings (SSSR count). The van der Waals surface area contributed by atoms with Crippen molar-refractivity contribution in [2.24, 2.45) is 5.92 Å². The van der Waals surface area contributed by atoms with Crippen molar-refractivity contribution < 1.29 is 17.8 Å². The van der Waals surface area contributed by atoms with Crippen molar-refractivity contribution in [1.82, 2.24) is 5.32 Å². The lowest BCUT2D eigenvalue weighted by Crippen LogP contribution is -2.24. The van der Waals surface area contributed by atoms with Gasteiger partial charge in [-0.3, -0.25) is 4.55 Å². The highest BCUT2D eigenvalue weighted by Gasteiger charge is 2.10. The molecule has 1 aliphatic carbocycles. The maximum atomic E-state index is 11.7. The minimum atomic E-state index is -4.21. The number of urea groups is 1. The molecule has 7 heteroatoms. The monoisotopic (exact) mass is 324 g/mol. The molecule has 0 aromatic heterocycles. The predicted octanol–water partition coefficient (Wildman–Crippen LogP) is 3.15. The van der Waals surface area contributed by atoms with Crippen LogP contribution in [0.5, 0.6) is 0 Å². The van der Waals surface area contributed by atoms with Gasteiger partial charge in [0.15, 0.2) is 0 Å². The number of benzene rings is 1. The van der Waals surface area contributed by atoms with Gasteiger partial charge in [-0.2, -0.15) is 8.42 Å². The summed E-state index contributed by atoms with van der Waals surface area (Å²) in [6.45, 7) is 0. The third kappa shape index (κ3) is 5.16. The summed E-state index contributed by atoms with van der Waals surface area (Å²) in [5.41, 5.74) is 0.441. The molecule has 0 spiro atoms. The minimum Gasteiger partial charge on any atom is -0.315 e. The highest BCUT2D eigenvalue weighted by atomic mass is 32.2. The van der Waals surface area contributed by atoms with Crippen LogP contribution in [0, 0.1) is 5.92 Å². The van der Waals surface area contributed by atoms with E-state index < -0.39 is 16.1 Å². The summed E-state index contributed by atoms with van der Waals surface area (Å²) in [5, 5.41) is 5.21. The van der Waals surface area contributed by atoms with Gasteiger partial charge in [-0.05, 0) is 43.0 Å². The average molecular weight is 324 g/mol. The van der Waals surface area contributed by atoms with Gasteiger partial charge in [-0.25, -0.2) is 4.79 Å². The Morgan fingerprint density at radius 2 is 1.77 bits per heavy atom. The van der Waals surface area contributed by atoms with E-state index >= 15 is 0 Å². The fourth-order valence-electron chi connectivity index (χ4n) is 2.46. The number of carbonyl (C=O) groups is 1. The molecule has 0 aliphatic heterocycles. The molecule has 6 nitrogen and oxygen atoms in total. The first-order chi connectivity index (χ1) is 10.4. The zero-order valence-electron chi connectivity index (χ0n) is 12.2. The Labute approximate surface area is 130 Å². The minimum absolute atomic E-state index is 0.212. The van der Waals surface area contributed by atoms with E-state index in [1.165, 1.54) is 43.5 Å². The first kappa shape index (κ1) is 16.5. The van der Waals surface area contributed by atoms with Gasteiger partial charge in [0.25, 0.3) is 10.1 Å². The van der Waals surface area contributed by atoms with E-state index in [2.05, 4.69) is 10.6 Å². The van der Waals surface area contributed by atoms with Gasteiger partial charge in [0.2, 0.25) is 0 Å². The van der Waals surface area contributed by atoms with Crippen LogP contribution >= 0.6 is 0 Å². The number of hydrogen-bond donors (Lipinski definition) is 3. The van der Waals surface area contributed by atoms with Gasteiger partial charge >= 0.3 is 6.03 Å². The lowest BCUT2D eigenvalue weighted by Gasteiger charge is -2.17. The molecular formula is C15H20N2O4S. The topological polar surface area (TPSA) is 95.5 Å². The molecule has 120 valence electrons. The molecule has 0 heterocycles. The van der Waals surface area contributed by atoms with Gasteiger partial charge in [-0.15, -0.1) is 0 Å². The van der Waals surface area contributed by atoms with E-state index in [9.17, 15) is 13.2 Å². The molecule has 1 aromatic carbocycles. The third-order valence-corrected chi connectivity index (χ3v) is 4.51. The molecule has 22 heavy (non-hydrogen) atoms. The van der Waals surface area contributed by atoms with Crippen LogP contribution in [0.1, 0.15) is 32.1 Å². The van der Waals surface area contributed by atoms with Crippen LogP contribution in [0.2, 0.25) is 0 Å². The number of nitrogens with one attached hydrogen (secondary N) is 2. The zero-order valence-corrected chi connectivity index (χ0v) is 13.0.